The van der Waals surface area contributed by atoms with Crippen LogP contribution in [0, 0.1) is 11.3 Å². The van der Waals surface area contributed by atoms with Crippen molar-refractivity contribution in [3.05, 3.63) is 0 Å². The minimum atomic E-state index is -0.961. The standard InChI is InChI=1S/C9H20NP/c1-4-11(5-2,6-3)9-7-8-10/h11H,4-7,9H2,1-3H3. The first-order valence-corrected chi connectivity index (χ1v) is 7.44. The summed E-state index contributed by atoms with van der Waals surface area (Å²) in [6, 6.07) is 2.26. The van der Waals surface area contributed by atoms with Crippen LogP contribution in [0.1, 0.15) is 27.2 Å². The van der Waals surface area contributed by atoms with Gasteiger partial charge in [0.05, 0.1) is 0 Å². The fourth-order valence-electron chi connectivity index (χ4n) is 1.60. The fourth-order valence-corrected chi connectivity index (χ4v) is 4.80. The quantitative estimate of drug-likeness (QED) is 0.586. The van der Waals surface area contributed by atoms with Gasteiger partial charge in [0, 0.05) is 0 Å². The van der Waals surface area contributed by atoms with E-state index >= 15 is 0 Å². The van der Waals surface area contributed by atoms with Crippen molar-refractivity contribution in [1.29, 1.82) is 5.26 Å². The molecule has 0 heterocycles. The number of rotatable bonds is 5. The van der Waals surface area contributed by atoms with Crippen LogP contribution in [0.2, 0.25) is 0 Å². The Bertz CT molecular complexity index is 125. The second-order valence-corrected chi connectivity index (χ2v) is 8.84. The molecule has 66 valence electrons. The molecular formula is C9H20NP. The SMILES string of the molecule is CC[PH](CC)(CC)CCC#N. The van der Waals surface area contributed by atoms with Crippen LogP contribution in [0.15, 0.2) is 0 Å². The maximum absolute atomic E-state index is 8.49. The van der Waals surface area contributed by atoms with Crippen molar-refractivity contribution in [2.45, 2.75) is 27.2 Å². The van der Waals surface area contributed by atoms with Crippen molar-refractivity contribution in [3.63, 3.8) is 0 Å². The van der Waals surface area contributed by atoms with Gasteiger partial charge in [-0.1, -0.05) is 0 Å². The van der Waals surface area contributed by atoms with E-state index in [0.29, 0.717) is 0 Å². The van der Waals surface area contributed by atoms with Crippen molar-refractivity contribution in [1.82, 2.24) is 0 Å². The molecule has 1 nitrogen and oxygen atoms in total. The summed E-state index contributed by atoms with van der Waals surface area (Å²) in [5.74, 6) is 0. The molecular weight excluding hydrogens is 153 g/mol. The van der Waals surface area contributed by atoms with E-state index in [1.54, 1.807) is 0 Å². The van der Waals surface area contributed by atoms with E-state index in [1.165, 1.54) is 24.6 Å². The van der Waals surface area contributed by atoms with E-state index in [4.69, 9.17) is 5.26 Å². The van der Waals surface area contributed by atoms with Crippen molar-refractivity contribution >= 4 is 7.26 Å². The van der Waals surface area contributed by atoms with E-state index in [9.17, 15) is 0 Å². The maximum atomic E-state index is 8.49. The molecule has 0 aliphatic rings. The Kier molecular flexibility index (Phi) is 5.51. The first-order valence-electron chi connectivity index (χ1n) is 4.61. The van der Waals surface area contributed by atoms with Crippen LogP contribution in [0.3, 0.4) is 0 Å². The van der Waals surface area contributed by atoms with Gasteiger partial charge < -0.3 is 0 Å². The number of nitrogens with zero attached hydrogens (tertiary/aromatic N) is 1. The van der Waals surface area contributed by atoms with Gasteiger partial charge in [-0.2, -0.15) is 0 Å². The molecule has 0 atom stereocenters. The topological polar surface area (TPSA) is 23.8 Å². The van der Waals surface area contributed by atoms with Gasteiger partial charge in [0.1, 0.15) is 0 Å². The van der Waals surface area contributed by atoms with Crippen LogP contribution in [0.25, 0.3) is 0 Å². The van der Waals surface area contributed by atoms with Gasteiger partial charge in [0.15, 0.2) is 0 Å². The molecule has 0 saturated heterocycles. The number of nitriles is 1. The van der Waals surface area contributed by atoms with E-state index < -0.39 is 7.26 Å². The van der Waals surface area contributed by atoms with Gasteiger partial charge in [-0.15, -0.1) is 0 Å². The average molecular weight is 173 g/mol. The Morgan fingerprint density at radius 1 is 1.09 bits per heavy atom. The molecule has 11 heavy (non-hydrogen) atoms. The third-order valence-electron chi connectivity index (χ3n) is 3.02. The molecule has 0 aromatic heterocycles. The van der Waals surface area contributed by atoms with Gasteiger partial charge >= 0.3 is 70.4 Å². The summed E-state index contributed by atoms with van der Waals surface area (Å²) in [5, 5.41) is 8.49. The Morgan fingerprint density at radius 3 is 1.82 bits per heavy atom. The molecule has 0 aromatic rings. The third kappa shape index (κ3) is 3.21. The monoisotopic (exact) mass is 173 g/mol. The van der Waals surface area contributed by atoms with Crippen LogP contribution >= 0.6 is 7.26 Å². The van der Waals surface area contributed by atoms with Crippen LogP contribution in [-0.2, 0) is 0 Å². The van der Waals surface area contributed by atoms with E-state index in [2.05, 4.69) is 26.8 Å². The molecule has 0 bridgehead atoms. The summed E-state index contributed by atoms with van der Waals surface area (Å²) >= 11 is 0. The molecule has 0 N–H and O–H groups in total. The first-order chi connectivity index (χ1) is 5.24. The molecule has 0 spiro atoms. The van der Waals surface area contributed by atoms with Crippen LogP contribution in [0.5, 0.6) is 0 Å². The summed E-state index contributed by atoms with van der Waals surface area (Å²) in [5.41, 5.74) is 0. The summed E-state index contributed by atoms with van der Waals surface area (Å²) in [6.07, 6.45) is 6.04. The molecule has 0 unspecified atom stereocenters. The van der Waals surface area contributed by atoms with Crippen molar-refractivity contribution in [2.24, 2.45) is 0 Å². The molecule has 0 amide bonds. The Hall–Kier alpha value is -0.0800. The van der Waals surface area contributed by atoms with E-state index in [-0.39, 0.29) is 0 Å². The second kappa shape index (κ2) is 5.56. The van der Waals surface area contributed by atoms with E-state index in [0.717, 1.165) is 6.42 Å². The molecule has 0 radical (unpaired) electrons. The molecule has 2 heteroatoms. The predicted molar refractivity (Wildman–Crippen MR) is 55.0 cm³/mol. The van der Waals surface area contributed by atoms with Crippen LogP contribution < -0.4 is 0 Å². The zero-order chi connectivity index (χ0) is 8.74. The summed E-state index contributed by atoms with van der Waals surface area (Å²) < 4.78 is 0. The van der Waals surface area contributed by atoms with Crippen molar-refractivity contribution in [3.8, 4) is 6.07 Å². The molecule has 0 fully saturated rings. The zero-order valence-electron chi connectivity index (χ0n) is 7.98. The Morgan fingerprint density at radius 2 is 1.55 bits per heavy atom. The predicted octanol–water partition coefficient (Wildman–Crippen LogP) is 2.71. The minimum absolute atomic E-state index is 0.780. The van der Waals surface area contributed by atoms with E-state index in [1.807, 2.05) is 0 Å². The zero-order valence-corrected chi connectivity index (χ0v) is 8.98. The molecule has 0 aliphatic carbocycles. The molecule has 0 saturated carbocycles. The normalized spacial score (nSPS) is 12.5. The van der Waals surface area contributed by atoms with Crippen LogP contribution in [-0.4, -0.2) is 24.6 Å². The van der Waals surface area contributed by atoms with Gasteiger partial charge in [-0.3, -0.25) is 0 Å². The number of hydrogen-bond donors (Lipinski definition) is 0. The van der Waals surface area contributed by atoms with Gasteiger partial charge in [-0.05, 0) is 0 Å². The second-order valence-electron chi connectivity index (χ2n) is 3.22. The first kappa shape index (κ1) is 10.9. The number of hydrogen-bond acceptors (Lipinski definition) is 1. The summed E-state index contributed by atoms with van der Waals surface area (Å²) in [4.78, 5) is 0. The Balaban J connectivity index is 3.96. The summed E-state index contributed by atoms with van der Waals surface area (Å²) in [6.45, 7) is 6.86. The van der Waals surface area contributed by atoms with Gasteiger partial charge in [0.25, 0.3) is 0 Å². The Labute approximate surface area is 71.1 Å². The molecule has 0 aliphatic heterocycles. The van der Waals surface area contributed by atoms with Gasteiger partial charge in [0.2, 0.25) is 0 Å². The molecule has 0 aromatic carbocycles. The summed E-state index contributed by atoms with van der Waals surface area (Å²) in [7, 11) is -0.961. The van der Waals surface area contributed by atoms with Crippen molar-refractivity contribution < 1.29 is 0 Å². The average Bonchev–Trinajstić information content (AvgIpc) is 2.08. The van der Waals surface area contributed by atoms with Gasteiger partial charge in [-0.25, -0.2) is 0 Å². The van der Waals surface area contributed by atoms with Crippen molar-refractivity contribution in [2.75, 3.05) is 24.6 Å². The fraction of sp³-hybridized carbons (Fsp3) is 0.889. The molecule has 0 rings (SSSR count). The third-order valence-corrected chi connectivity index (χ3v) is 8.83. The van der Waals surface area contributed by atoms with Crippen LogP contribution in [0.4, 0.5) is 0 Å².